The largest absolute Gasteiger partial charge is 0.298 e. The highest BCUT2D eigenvalue weighted by atomic mass is 19.1. The third-order valence-corrected chi connectivity index (χ3v) is 3.14. The van der Waals surface area contributed by atoms with Gasteiger partial charge in [0.1, 0.15) is 11.7 Å². The molecule has 100 valence electrons. The fraction of sp³-hybridized carbons (Fsp3) is 0.176. The second-order valence-electron chi connectivity index (χ2n) is 4.57. The lowest BCUT2D eigenvalue weighted by atomic mass is 9.92. The molecule has 20 heavy (non-hydrogen) atoms. The number of ketones is 1. The Balaban J connectivity index is 2.05. The summed E-state index contributed by atoms with van der Waals surface area (Å²) in [6.07, 6.45) is 0.867. The van der Waals surface area contributed by atoms with E-state index in [1.54, 1.807) is 6.07 Å². The van der Waals surface area contributed by atoms with E-state index in [0.717, 1.165) is 5.56 Å². The van der Waals surface area contributed by atoms with Crippen molar-refractivity contribution in [2.75, 3.05) is 0 Å². The van der Waals surface area contributed by atoms with Crippen LogP contribution in [0.1, 0.15) is 23.5 Å². The van der Waals surface area contributed by atoms with E-state index in [0.29, 0.717) is 12.0 Å². The van der Waals surface area contributed by atoms with Gasteiger partial charge in [0.05, 0.1) is 6.07 Å². The monoisotopic (exact) mass is 267 g/mol. The molecule has 3 heteroatoms. The number of benzene rings is 2. The van der Waals surface area contributed by atoms with Gasteiger partial charge in [0.15, 0.2) is 5.78 Å². The fourth-order valence-electron chi connectivity index (χ4n) is 2.08. The van der Waals surface area contributed by atoms with Crippen LogP contribution in [0, 0.1) is 17.1 Å². The van der Waals surface area contributed by atoms with Crippen LogP contribution >= 0.6 is 0 Å². The molecule has 0 aliphatic rings. The van der Waals surface area contributed by atoms with Gasteiger partial charge in [-0.05, 0) is 29.7 Å². The Hall–Kier alpha value is -2.47. The summed E-state index contributed by atoms with van der Waals surface area (Å²) in [5, 5.41) is 9.14. The minimum atomic E-state index is -0.894. The Morgan fingerprint density at radius 2 is 1.90 bits per heavy atom. The number of carbonyl (C=O) groups is 1. The van der Waals surface area contributed by atoms with Crippen LogP contribution in [0.2, 0.25) is 0 Å². The van der Waals surface area contributed by atoms with Crippen molar-refractivity contribution in [1.82, 2.24) is 0 Å². The predicted molar refractivity (Wildman–Crippen MR) is 74.5 cm³/mol. The van der Waals surface area contributed by atoms with Crippen molar-refractivity contribution < 1.29 is 9.18 Å². The van der Waals surface area contributed by atoms with Crippen molar-refractivity contribution in [2.24, 2.45) is 0 Å². The van der Waals surface area contributed by atoms with Crippen LogP contribution in [-0.2, 0) is 11.2 Å². The van der Waals surface area contributed by atoms with Crippen molar-refractivity contribution in [2.45, 2.75) is 18.8 Å². The maximum Gasteiger partial charge on any atom is 0.154 e. The quantitative estimate of drug-likeness (QED) is 0.830. The molecule has 0 amide bonds. The molecule has 0 fully saturated rings. The topological polar surface area (TPSA) is 40.9 Å². The lowest BCUT2D eigenvalue weighted by molar-refractivity contribution is -0.119. The number of rotatable bonds is 5. The average Bonchev–Trinajstić information content (AvgIpc) is 2.47. The lowest BCUT2D eigenvalue weighted by Crippen LogP contribution is -2.12. The summed E-state index contributed by atoms with van der Waals surface area (Å²) in [5.74, 6) is -1.50. The van der Waals surface area contributed by atoms with E-state index in [1.807, 2.05) is 36.4 Å². The molecule has 0 aliphatic carbocycles. The molecule has 0 heterocycles. The molecule has 0 N–H and O–H groups in total. The minimum absolute atomic E-state index is 0.179. The van der Waals surface area contributed by atoms with Crippen LogP contribution in [-0.4, -0.2) is 5.78 Å². The summed E-state index contributed by atoms with van der Waals surface area (Å²) in [5.41, 5.74) is 1.47. The van der Waals surface area contributed by atoms with E-state index < -0.39 is 11.7 Å². The molecule has 0 aromatic heterocycles. The zero-order chi connectivity index (χ0) is 14.4. The standard InChI is InChI=1S/C17H14FNO/c18-15-8-4-7-14(11-15)16(12-19)17(20)10-9-13-5-2-1-3-6-13/h1-8,11,16H,9-10H2. The lowest BCUT2D eigenvalue weighted by Gasteiger charge is -2.08. The van der Waals surface area contributed by atoms with Gasteiger partial charge in [-0.15, -0.1) is 0 Å². The first-order valence-corrected chi connectivity index (χ1v) is 6.42. The highest BCUT2D eigenvalue weighted by Gasteiger charge is 2.20. The first kappa shape index (κ1) is 14.0. The molecular weight excluding hydrogens is 253 g/mol. The van der Waals surface area contributed by atoms with Crippen molar-refractivity contribution in [3.05, 3.63) is 71.5 Å². The summed E-state index contributed by atoms with van der Waals surface area (Å²) in [4.78, 5) is 12.1. The summed E-state index contributed by atoms with van der Waals surface area (Å²) < 4.78 is 13.2. The number of aryl methyl sites for hydroxylation is 1. The number of halogens is 1. The third-order valence-electron chi connectivity index (χ3n) is 3.14. The van der Waals surface area contributed by atoms with Gasteiger partial charge in [0.25, 0.3) is 0 Å². The normalized spacial score (nSPS) is 11.6. The first-order chi connectivity index (χ1) is 9.70. The smallest absolute Gasteiger partial charge is 0.154 e. The molecule has 0 bridgehead atoms. The van der Waals surface area contributed by atoms with E-state index in [2.05, 4.69) is 0 Å². The average molecular weight is 267 g/mol. The molecule has 1 atom stereocenters. The van der Waals surface area contributed by atoms with E-state index in [1.165, 1.54) is 18.2 Å². The van der Waals surface area contributed by atoms with Gasteiger partial charge in [0.2, 0.25) is 0 Å². The van der Waals surface area contributed by atoms with Crippen molar-refractivity contribution in [3.8, 4) is 6.07 Å². The van der Waals surface area contributed by atoms with E-state index in [9.17, 15) is 9.18 Å². The number of nitrogens with zero attached hydrogens (tertiary/aromatic N) is 1. The van der Waals surface area contributed by atoms with Crippen molar-refractivity contribution in [1.29, 1.82) is 5.26 Å². The van der Waals surface area contributed by atoms with Gasteiger partial charge in [0, 0.05) is 6.42 Å². The number of carbonyl (C=O) groups excluding carboxylic acids is 1. The van der Waals surface area contributed by atoms with Gasteiger partial charge >= 0.3 is 0 Å². The Morgan fingerprint density at radius 3 is 2.55 bits per heavy atom. The second kappa shape index (κ2) is 6.63. The Labute approximate surface area is 117 Å². The van der Waals surface area contributed by atoms with Crippen molar-refractivity contribution >= 4 is 5.78 Å². The molecule has 0 spiro atoms. The number of nitriles is 1. The molecule has 0 saturated heterocycles. The molecule has 0 aliphatic heterocycles. The van der Waals surface area contributed by atoms with Gasteiger partial charge in [-0.1, -0.05) is 42.5 Å². The van der Waals surface area contributed by atoms with Crippen LogP contribution in [0.3, 0.4) is 0 Å². The van der Waals surface area contributed by atoms with Gasteiger partial charge in [-0.3, -0.25) is 4.79 Å². The Kier molecular flexibility index (Phi) is 4.62. The number of hydrogen-bond acceptors (Lipinski definition) is 2. The van der Waals surface area contributed by atoms with E-state index in [4.69, 9.17) is 5.26 Å². The van der Waals surface area contributed by atoms with Gasteiger partial charge < -0.3 is 0 Å². The van der Waals surface area contributed by atoms with Gasteiger partial charge in [-0.2, -0.15) is 5.26 Å². The van der Waals surface area contributed by atoms with E-state index >= 15 is 0 Å². The molecule has 0 saturated carbocycles. The van der Waals surface area contributed by atoms with Crippen molar-refractivity contribution in [3.63, 3.8) is 0 Å². The number of Topliss-reactive ketones (excluding diaryl/α,β-unsaturated/α-hetero) is 1. The molecule has 2 rings (SSSR count). The van der Waals surface area contributed by atoms with Crippen LogP contribution < -0.4 is 0 Å². The Morgan fingerprint density at radius 1 is 1.15 bits per heavy atom. The molecular formula is C17H14FNO. The van der Waals surface area contributed by atoms with Crippen LogP contribution in [0.25, 0.3) is 0 Å². The third kappa shape index (κ3) is 3.52. The molecule has 2 nitrogen and oxygen atoms in total. The summed E-state index contributed by atoms with van der Waals surface area (Å²) in [6.45, 7) is 0. The first-order valence-electron chi connectivity index (χ1n) is 6.42. The highest BCUT2D eigenvalue weighted by molar-refractivity contribution is 5.88. The van der Waals surface area contributed by atoms with Gasteiger partial charge in [-0.25, -0.2) is 4.39 Å². The predicted octanol–water partition coefficient (Wildman–Crippen LogP) is 3.63. The maximum absolute atomic E-state index is 13.2. The van der Waals surface area contributed by atoms with E-state index in [-0.39, 0.29) is 12.2 Å². The fourth-order valence-corrected chi connectivity index (χ4v) is 2.08. The molecule has 2 aromatic carbocycles. The summed E-state index contributed by atoms with van der Waals surface area (Å²) >= 11 is 0. The summed E-state index contributed by atoms with van der Waals surface area (Å²) in [6, 6.07) is 17.2. The SMILES string of the molecule is N#CC(C(=O)CCc1ccccc1)c1cccc(F)c1. The molecule has 1 unspecified atom stereocenters. The minimum Gasteiger partial charge on any atom is -0.298 e. The van der Waals surface area contributed by atoms with Crippen LogP contribution in [0.15, 0.2) is 54.6 Å². The molecule has 0 radical (unpaired) electrons. The van der Waals surface area contributed by atoms with Crippen LogP contribution in [0.4, 0.5) is 4.39 Å². The number of hydrogen-bond donors (Lipinski definition) is 0. The molecule has 2 aromatic rings. The zero-order valence-electron chi connectivity index (χ0n) is 10.9. The second-order valence-corrected chi connectivity index (χ2v) is 4.57. The zero-order valence-corrected chi connectivity index (χ0v) is 10.9. The van der Waals surface area contributed by atoms with Crippen LogP contribution in [0.5, 0.6) is 0 Å². The Bertz CT molecular complexity index is 631. The maximum atomic E-state index is 13.2. The highest BCUT2D eigenvalue weighted by Crippen LogP contribution is 2.19. The summed E-state index contributed by atoms with van der Waals surface area (Å²) in [7, 11) is 0.